The normalized spacial score (nSPS) is 17.8. The Morgan fingerprint density at radius 3 is 2.78 bits per heavy atom. The molecule has 0 saturated carbocycles. The smallest absolute Gasteiger partial charge is 0.255 e. The average Bonchev–Trinajstić information content (AvgIpc) is 3.21. The molecule has 1 fully saturated rings. The molecule has 1 atom stereocenters. The lowest BCUT2D eigenvalue weighted by molar-refractivity contribution is 0.0787. The number of aromatic nitrogens is 3. The highest BCUT2D eigenvalue weighted by Crippen LogP contribution is 2.19. The number of hydrogen-bond donors (Lipinski definition) is 0. The van der Waals surface area contributed by atoms with Crippen molar-refractivity contribution in [3.05, 3.63) is 54.5 Å². The molecule has 1 aliphatic heterocycles. The average molecular weight is 306 g/mol. The predicted octanol–water partition coefficient (Wildman–Crippen LogP) is 2.90. The molecule has 4 rings (SSSR count). The Labute approximate surface area is 134 Å². The minimum atomic E-state index is 0.0730. The van der Waals surface area contributed by atoms with Crippen LogP contribution in [0.2, 0.25) is 0 Å². The fourth-order valence-electron chi connectivity index (χ4n) is 3.10. The minimum Gasteiger partial charge on any atom is -0.338 e. The molecule has 3 aromatic rings. The van der Waals surface area contributed by atoms with Crippen molar-refractivity contribution in [1.82, 2.24) is 19.4 Å². The highest BCUT2D eigenvalue weighted by molar-refractivity contribution is 5.94. The number of hydrogen-bond acceptors (Lipinski definition) is 3. The summed E-state index contributed by atoms with van der Waals surface area (Å²) in [5.74, 6) is 1.43. The van der Waals surface area contributed by atoms with E-state index in [0.717, 1.165) is 36.4 Å². The van der Waals surface area contributed by atoms with E-state index < -0.39 is 0 Å². The number of benzene rings is 1. The van der Waals surface area contributed by atoms with Crippen LogP contribution in [0.3, 0.4) is 0 Å². The largest absolute Gasteiger partial charge is 0.338 e. The van der Waals surface area contributed by atoms with Crippen molar-refractivity contribution in [1.29, 1.82) is 0 Å². The van der Waals surface area contributed by atoms with E-state index in [1.807, 2.05) is 45.9 Å². The van der Waals surface area contributed by atoms with Gasteiger partial charge in [0.1, 0.15) is 12.1 Å². The van der Waals surface area contributed by atoms with E-state index in [1.165, 1.54) is 0 Å². The number of rotatable bonds is 2. The predicted molar refractivity (Wildman–Crippen MR) is 88.5 cm³/mol. The number of amides is 1. The van der Waals surface area contributed by atoms with E-state index in [0.29, 0.717) is 11.5 Å². The van der Waals surface area contributed by atoms with Crippen molar-refractivity contribution in [2.75, 3.05) is 13.1 Å². The van der Waals surface area contributed by atoms with Crippen LogP contribution in [0, 0.1) is 5.92 Å². The van der Waals surface area contributed by atoms with E-state index in [9.17, 15) is 4.79 Å². The zero-order chi connectivity index (χ0) is 15.8. The standard InChI is InChI=1S/C18H18N4O/c1-13-8-9-21(11-13)18(23)14-6-7-17(19-10-14)22-12-20-15-4-2-3-5-16(15)22/h2-7,10,12-13H,8-9,11H2,1H3. The van der Waals surface area contributed by atoms with E-state index in [4.69, 9.17) is 0 Å². The molecule has 1 saturated heterocycles. The van der Waals surface area contributed by atoms with Gasteiger partial charge in [0.2, 0.25) is 0 Å². The molecule has 5 heteroatoms. The SMILES string of the molecule is CC1CCN(C(=O)c2ccc(-n3cnc4ccccc43)nc2)C1. The lowest BCUT2D eigenvalue weighted by Crippen LogP contribution is -2.28. The van der Waals surface area contributed by atoms with Crippen molar-refractivity contribution >= 4 is 16.9 Å². The lowest BCUT2D eigenvalue weighted by Gasteiger charge is -2.15. The van der Waals surface area contributed by atoms with Crippen LogP contribution in [0.1, 0.15) is 23.7 Å². The molecule has 0 bridgehead atoms. The van der Waals surface area contributed by atoms with Gasteiger partial charge in [-0.3, -0.25) is 9.36 Å². The summed E-state index contributed by atoms with van der Waals surface area (Å²) < 4.78 is 1.93. The van der Waals surface area contributed by atoms with Crippen molar-refractivity contribution in [3.63, 3.8) is 0 Å². The van der Waals surface area contributed by atoms with Gasteiger partial charge in [0.15, 0.2) is 0 Å². The Bertz CT molecular complexity index is 853. The first kappa shape index (κ1) is 13.9. The summed E-state index contributed by atoms with van der Waals surface area (Å²) in [7, 11) is 0. The van der Waals surface area contributed by atoms with Gasteiger partial charge in [0.25, 0.3) is 5.91 Å². The molecule has 2 aromatic heterocycles. The molecule has 3 heterocycles. The quantitative estimate of drug-likeness (QED) is 0.731. The molecule has 1 aliphatic rings. The van der Waals surface area contributed by atoms with Gasteiger partial charge in [-0.2, -0.15) is 0 Å². The summed E-state index contributed by atoms with van der Waals surface area (Å²) in [6.45, 7) is 3.86. The molecule has 1 aromatic carbocycles. The van der Waals surface area contributed by atoms with Crippen molar-refractivity contribution in [3.8, 4) is 5.82 Å². The Hall–Kier alpha value is -2.69. The molecule has 23 heavy (non-hydrogen) atoms. The third kappa shape index (κ3) is 2.48. The van der Waals surface area contributed by atoms with Crippen LogP contribution in [-0.4, -0.2) is 38.4 Å². The second-order valence-electron chi connectivity index (χ2n) is 6.15. The molecular weight excluding hydrogens is 288 g/mol. The third-order valence-electron chi connectivity index (χ3n) is 4.41. The summed E-state index contributed by atoms with van der Waals surface area (Å²) in [5.41, 5.74) is 2.58. The number of imidazole rings is 1. The van der Waals surface area contributed by atoms with Gasteiger partial charge >= 0.3 is 0 Å². The van der Waals surface area contributed by atoms with E-state index >= 15 is 0 Å². The van der Waals surface area contributed by atoms with Gasteiger partial charge in [-0.1, -0.05) is 19.1 Å². The summed E-state index contributed by atoms with van der Waals surface area (Å²) in [6.07, 6.45) is 4.50. The number of carbonyl (C=O) groups excluding carboxylic acids is 1. The first-order valence-corrected chi connectivity index (χ1v) is 7.90. The molecule has 0 aliphatic carbocycles. The number of fused-ring (bicyclic) bond motifs is 1. The Balaban J connectivity index is 1.62. The molecular formula is C18H18N4O. The van der Waals surface area contributed by atoms with Crippen LogP contribution in [0.5, 0.6) is 0 Å². The summed E-state index contributed by atoms with van der Waals surface area (Å²) >= 11 is 0. The topological polar surface area (TPSA) is 51.0 Å². The molecule has 5 nitrogen and oxygen atoms in total. The molecule has 0 radical (unpaired) electrons. The number of carbonyl (C=O) groups is 1. The fourth-order valence-corrected chi connectivity index (χ4v) is 3.10. The van der Waals surface area contributed by atoms with Gasteiger partial charge in [0, 0.05) is 19.3 Å². The Morgan fingerprint density at radius 2 is 2.04 bits per heavy atom. The maximum Gasteiger partial charge on any atom is 0.255 e. The number of likely N-dealkylation sites (tertiary alicyclic amines) is 1. The van der Waals surface area contributed by atoms with Gasteiger partial charge in [-0.05, 0) is 36.6 Å². The van der Waals surface area contributed by atoms with E-state index in [-0.39, 0.29) is 5.91 Å². The van der Waals surface area contributed by atoms with Crippen LogP contribution in [0.25, 0.3) is 16.9 Å². The molecule has 116 valence electrons. The molecule has 0 spiro atoms. The first-order valence-electron chi connectivity index (χ1n) is 7.90. The summed E-state index contributed by atoms with van der Waals surface area (Å²) in [6, 6.07) is 11.6. The maximum atomic E-state index is 12.5. The maximum absolute atomic E-state index is 12.5. The summed E-state index contributed by atoms with van der Waals surface area (Å²) in [5, 5.41) is 0. The second kappa shape index (κ2) is 5.50. The van der Waals surface area contributed by atoms with Crippen LogP contribution >= 0.6 is 0 Å². The molecule has 1 unspecified atom stereocenters. The van der Waals surface area contributed by atoms with Crippen LogP contribution in [0.4, 0.5) is 0 Å². The van der Waals surface area contributed by atoms with Gasteiger partial charge in [-0.25, -0.2) is 9.97 Å². The second-order valence-corrected chi connectivity index (χ2v) is 6.15. The Kier molecular flexibility index (Phi) is 3.33. The first-order chi connectivity index (χ1) is 11.2. The summed E-state index contributed by atoms with van der Waals surface area (Å²) in [4.78, 5) is 23.2. The number of para-hydroxylation sites is 2. The van der Waals surface area contributed by atoms with Gasteiger partial charge in [-0.15, -0.1) is 0 Å². The number of nitrogens with zero attached hydrogens (tertiary/aromatic N) is 4. The zero-order valence-electron chi connectivity index (χ0n) is 13.0. The monoisotopic (exact) mass is 306 g/mol. The molecule has 0 N–H and O–H groups in total. The minimum absolute atomic E-state index is 0.0730. The van der Waals surface area contributed by atoms with E-state index in [2.05, 4.69) is 16.9 Å². The zero-order valence-corrected chi connectivity index (χ0v) is 13.0. The Morgan fingerprint density at radius 1 is 1.17 bits per heavy atom. The fraction of sp³-hybridized carbons (Fsp3) is 0.278. The highest BCUT2D eigenvalue weighted by atomic mass is 16.2. The van der Waals surface area contributed by atoms with Crippen molar-refractivity contribution in [2.24, 2.45) is 5.92 Å². The van der Waals surface area contributed by atoms with Crippen molar-refractivity contribution < 1.29 is 4.79 Å². The van der Waals surface area contributed by atoms with Crippen LogP contribution in [0.15, 0.2) is 48.9 Å². The van der Waals surface area contributed by atoms with Gasteiger partial charge < -0.3 is 4.90 Å². The number of pyridine rings is 1. The van der Waals surface area contributed by atoms with Crippen LogP contribution in [-0.2, 0) is 0 Å². The van der Waals surface area contributed by atoms with Crippen molar-refractivity contribution in [2.45, 2.75) is 13.3 Å². The third-order valence-corrected chi connectivity index (χ3v) is 4.41. The van der Waals surface area contributed by atoms with Gasteiger partial charge in [0.05, 0.1) is 16.6 Å². The molecule has 1 amide bonds. The van der Waals surface area contributed by atoms with E-state index in [1.54, 1.807) is 12.5 Å². The van der Waals surface area contributed by atoms with Crippen LogP contribution < -0.4 is 0 Å². The highest BCUT2D eigenvalue weighted by Gasteiger charge is 2.24. The lowest BCUT2D eigenvalue weighted by atomic mass is 10.2.